The van der Waals surface area contributed by atoms with Crippen molar-refractivity contribution in [2.75, 3.05) is 0 Å². The second kappa shape index (κ2) is 14.3. The monoisotopic (exact) mass is 775 g/mol. The molecule has 0 spiro atoms. The zero-order valence-corrected chi connectivity index (χ0v) is 33.2. The van der Waals surface area contributed by atoms with Crippen LogP contribution in [-0.4, -0.2) is 14.4 Å². The highest BCUT2D eigenvalue weighted by Crippen LogP contribution is 2.43. The maximum Gasteiger partial charge on any atom is 0.160 e. The van der Waals surface area contributed by atoms with Crippen LogP contribution in [0.25, 0.3) is 117 Å². The minimum absolute atomic E-state index is 0.702. The van der Waals surface area contributed by atoms with Crippen LogP contribution in [0, 0.1) is 0 Å². The van der Waals surface area contributed by atoms with Crippen molar-refractivity contribution in [3.05, 3.63) is 224 Å². The van der Waals surface area contributed by atoms with E-state index in [0.717, 1.165) is 39.2 Å². The lowest BCUT2D eigenvalue weighted by atomic mass is 9.95. The summed E-state index contributed by atoms with van der Waals surface area (Å²) in [5.74, 6) is 0.702. The molecule has 0 fully saturated rings. The average Bonchev–Trinajstić information content (AvgIpc) is 3.87. The fraction of sp³-hybridized carbons (Fsp3) is 0. The Balaban J connectivity index is 0.919. The van der Waals surface area contributed by atoms with E-state index in [2.05, 4.69) is 217 Å². The molecule has 0 N–H and O–H groups in total. The molecule has 0 aliphatic rings. The smallest absolute Gasteiger partial charge is 0.160 e. The second-order valence-electron chi connectivity index (χ2n) is 15.8. The summed E-state index contributed by atoms with van der Waals surface area (Å²) in [5, 5.41) is 5.16. The van der Waals surface area contributed by atoms with E-state index >= 15 is 0 Å². The second-order valence-corrected chi connectivity index (χ2v) is 15.8. The van der Waals surface area contributed by atoms with Crippen molar-refractivity contribution in [1.82, 2.24) is 14.4 Å². The SMILES string of the molecule is c1ccc(-c2cc(-c3ccccc3)nc(-c3cccc(-c4cccc(-c5cccc(-c6ccc7c8cccc9c%10c(-c%11ccccc%11)cccc%10n(c7c6)c89)c5)c4)c3)n2)cc1. The van der Waals surface area contributed by atoms with Crippen molar-refractivity contribution in [2.45, 2.75) is 0 Å². The minimum atomic E-state index is 0.702. The standard InChI is InChI=1S/C58H37N3/c1-4-15-38(16-5-1)48-27-14-30-54-56(48)51-29-13-28-50-49-32-31-46(36-55(49)61(54)57(50)51)44-24-11-22-42(34-44)41-21-10-23-43(33-41)45-25-12-26-47(35-45)58-59-52(39-17-6-2-7-18-39)37-53(60-58)40-19-8-3-9-20-40/h1-37H. The molecule has 0 unspecified atom stereocenters. The van der Waals surface area contributed by atoms with Crippen molar-refractivity contribution in [2.24, 2.45) is 0 Å². The van der Waals surface area contributed by atoms with Gasteiger partial charge < -0.3 is 4.40 Å². The number of benzene rings is 9. The van der Waals surface area contributed by atoms with Crippen LogP contribution in [0.3, 0.4) is 0 Å². The molecule has 0 aliphatic carbocycles. The van der Waals surface area contributed by atoms with Gasteiger partial charge >= 0.3 is 0 Å². The first-order valence-electron chi connectivity index (χ1n) is 20.8. The molecular formula is C58H37N3. The normalized spacial score (nSPS) is 11.6. The number of hydrogen-bond acceptors (Lipinski definition) is 2. The number of fused-ring (bicyclic) bond motifs is 6. The third-order valence-corrected chi connectivity index (χ3v) is 12.1. The van der Waals surface area contributed by atoms with E-state index in [4.69, 9.17) is 9.97 Å². The third kappa shape index (κ3) is 5.98. The van der Waals surface area contributed by atoms with E-state index in [-0.39, 0.29) is 0 Å². The lowest BCUT2D eigenvalue weighted by molar-refractivity contribution is 1.18. The lowest BCUT2D eigenvalue weighted by Gasteiger charge is -2.11. The van der Waals surface area contributed by atoms with E-state index in [1.165, 1.54) is 71.5 Å². The van der Waals surface area contributed by atoms with Crippen LogP contribution >= 0.6 is 0 Å². The van der Waals surface area contributed by atoms with Gasteiger partial charge in [0.15, 0.2) is 5.82 Å². The van der Waals surface area contributed by atoms with Gasteiger partial charge in [-0.25, -0.2) is 9.97 Å². The van der Waals surface area contributed by atoms with Gasteiger partial charge in [-0.15, -0.1) is 0 Å². The van der Waals surface area contributed by atoms with Gasteiger partial charge in [-0.2, -0.15) is 0 Å². The maximum atomic E-state index is 5.10. The van der Waals surface area contributed by atoms with Crippen LogP contribution in [-0.2, 0) is 0 Å². The molecule has 3 heterocycles. The first-order valence-corrected chi connectivity index (χ1v) is 20.8. The van der Waals surface area contributed by atoms with Crippen molar-refractivity contribution >= 4 is 38.1 Å². The molecule has 12 rings (SSSR count). The van der Waals surface area contributed by atoms with E-state index in [9.17, 15) is 0 Å². The predicted molar refractivity (Wildman–Crippen MR) is 255 cm³/mol. The summed E-state index contributed by atoms with van der Waals surface area (Å²) in [7, 11) is 0. The van der Waals surface area contributed by atoms with Crippen molar-refractivity contribution in [1.29, 1.82) is 0 Å². The summed E-state index contributed by atoms with van der Waals surface area (Å²) in [6.07, 6.45) is 0. The molecule has 3 aromatic heterocycles. The molecule has 0 aliphatic heterocycles. The molecule has 12 aromatic rings. The van der Waals surface area contributed by atoms with Crippen LogP contribution in [0.2, 0.25) is 0 Å². The van der Waals surface area contributed by atoms with Crippen LogP contribution in [0.4, 0.5) is 0 Å². The van der Waals surface area contributed by atoms with E-state index in [1.807, 2.05) is 12.1 Å². The molecule has 61 heavy (non-hydrogen) atoms. The van der Waals surface area contributed by atoms with Gasteiger partial charge in [-0.1, -0.05) is 188 Å². The summed E-state index contributed by atoms with van der Waals surface area (Å²) < 4.78 is 2.48. The summed E-state index contributed by atoms with van der Waals surface area (Å²) in [4.78, 5) is 10.2. The Morgan fingerprint density at radius 3 is 1.33 bits per heavy atom. The van der Waals surface area contributed by atoms with Gasteiger partial charge in [-0.05, 0) is 80.9 Å². The Morgan fingerprint density at radius 1 is 0.279 bits per heavy atom. The topological polar surface area (TPSA) is 30.2 Å². The number of hydrogen-bond donors (Lipinski definition) is 0. The van der Waals surface area contributed by atoms with Crippen LogP contribution in [0.5, 0.6) is 0 Å². The summed E-state index contributed by atoms with van der Waals surface area (Å²) in [6, 6.07) is 80.3. The average molecular weight is 776 g/mol. The fourth-order valence-electron chi connectivity index (χ4n) is 9.25. The van der Waals surface area contributed by atoms with Gasteiger partial charge in [0, 0.05) is 38.2 Å². The largest absolute Gasteiger partial charge is 0.308 e. The number of rotatable bonds is 7. The molecule has 3 heteroatoms. The Bertz CT molecular complexity index is 3510. The van der Waals surface area contributed by atoms with E-state index in [0.29, 0.717) is 5.82 Å². The van der Waals surface area contributed by atoms with Crippen molar-refractivity contribution in [3.8, 4) is 78.4 Å². The summed E-state index contributed by atoms with van der Waals surface area (Å²) >= 11 is 0. The zero-order valence-electron chi connectivity index (χ0n) is 33.2. The van der Waals surface area contributed by atoms with Crippen LogP contribution in [0.15, 0.2) is 224 Å². The van der Waals surface area contributed by atoms with Crippen molar-refractivity contribution < 1.29 is 0 Å². The Kier molecular flexibility index (Phi) is 8.17. The lowest BCUT2D eigenvalue weighted by Crippen LogP contribution is -1.96. The Labute approximate surface area is 353 Å². The molecule has 284 valence electrons. The Morgan fingerprint density at radius 2 is 0.738 bits per heavy atom. The minimum Gasteiger partial charge on any atom is -0.308 e. The van der Waals surface area contributed by atoms with Crippen molar-refractivity contribution in [3.63, 3.8) is 0 Å². The quantitative estimate of drug-likeness (QED) is 0.161. The molecular weight excluding hydrogens is 739 g/mol. The highest BCUT2D eigenvalue weighted by Gasteiger charge is 2.20. The van der Waals surface area contributed by atoms with Gasteiger partial charge in [-0.3, -0.25) is 0 Å². The highest BCUT2D eigenvalue weighted by atomic mass is 14.9. The molecule has 0 radical (unpaired) electrons. The first-order chi connectivity index (χ1) is 30.2. The van der Waals surface area contributed by atoms with E-state index in [1.54, 1.807) is 0 Å². The molecule has 0 atom stereocenters. The molecule has 0 amide bonds. The van der Waals surface area contributed by atoms with E-state index < -0.39 is 0 Å². The first kappa shape index (κ1) is 34.9. The number of aromatic nitrogens is 3. The van der Waals surface area contributed by atoms with Crippen LogP contribution in [0.1, 0.15) is 0 Å². The summed E-state index contributed by atoms with van der Waals surface area (Å²) in [6.45, 7) is 0. The van der Waals surface area contributed by atoms with Gasteiger partial charge in [0.25, 0.3) is 0 Å². The highest BCUT2D eigenvalue weighted by molar-refractivity contribution is 6.26. The van der Waals surface area contributed by atoms with Gasteiger partial charge in [0.2, 0.25) is 0 Å². The molecule has 0 saturated heterocycles. The third-order valence-electron chi connectivity index (χ3n) is 12.1. The number of nitrogens with zero attached hydrogens (tertiary/aromatic N) is 3. The summed E-state index contributed by atoms with van der Waals surface area (Å²) in [5.41, 5.74) is 18.1. The zero-order chi connectivity index (χ0) is 40.3. The number of para-hydroxylation sites is 1. The fourth-order valence-corrected chi connectivity index (χ4v) is 9.25. The van der Waals surface area contributed by atoms with Gasteiger partial charge in [0.05, 0.1) is 27.9 Å². The molecule has 0 saturated carbocycles. The molecule has 9 aromatic carbocycles. The predicted octanol–water partition coefficient (Wildman–Crippen LogP) is 15.3. The van der Waals surface area contributed by atoms with Gasteiger partial charge in [0.1, 0.15) is 0 Å². The van der Waals surface area contributed by atoms with Crippen LogP contribution < -0.4 is 0 Å². The maximum absolute atomic E-state index is 5.10. The molecule has 3 nitrogen and oxygen atoms in total. The molecule has 0 bridgehead atoms. The Hall–Kier alpha value is -8.14.